The second-order valence-electron chi connectivity index (χ2n) is 7.26. The van der Waals surface area contributed by atoms with Crippen LogP contribution in [0.5, 0.6) is 0 Å². The van der Waals surface area contributed by atoms with Gasteiger partial charge in [-0.1, -0.05) is 0 Å². The van der Waals surface area contributed by atoms with Crippen LogP contribution in [-0.4, -0.2) is 39.8 Å². The Morgan fingerprint density at radius 3 is 2.67 bits per heavy atom. The third-order valence-corrected chi connectivity index (χ3v) is 5.18. The van der Waals surface area contributed by atoms with Crippen molar-refractivity contribution in [2.45, 2.75) is 31.4 Å². The molecule has 3 aromatic rings. The zero-order chi connectivity index (χ0) is 21.5. The van der Waals surface area contributed by atoms with Crippen molar-refractivity contribution < 1.29 is 17.6 Å². The number of nitrogens with two attached hydrogens (primary N) is 1. The zero-order valence-corrected chi connectivity index (χ0v) is 15.8. The Hall–Kier alpha value is -3.19. The van der Waals surface area contributed by atoms with Gasteiger partial charge in [0.25, 0.3) is 0 Å². The number of alkyl halides is 4. The van der Waals surface area contributed by atoms with Crippen LogP contribution in [0.2, 0.25) is 0 Å². The van der Waals surface area contributed by atoms with E-state index in [-0.39, 0.29) is 19.5 Å². The van der Waals surface area contributed by atoms with Crippen LogP contribution in [-0.2, 0) is 12.7 Å². The van der Waals surface area contributed by atoms with Crippen LogP contribution in [0.15, 0.2) is 36.5 Å². The highest BCUT2D eigenvalue weighted by Crippen LogP contribution is 2.33. The van der Waals surface area contributed by atoms with Crippen LogP contribution in [0.25, 0.3) is 11.0 Å². The largest absolute Gasteiger partial charge is 0.416 e. The van der Waals surface area contributed by atoms with E-state index in [1.807, 2.05) is 6.07 Å². The SMILES string of the molecule is N#Cc1ccc(Cn2c(N3CC[C@H](F)[C@H](N)C3)nc3ccc(C(F)(F)F)cc32)nc1. The van der Waals surface area contributed by atoms with Gasteiger partial charge in [0.1, 0.15) is 12.2 Å². The molecule has 1 aliphatic rings. The minimum atomic E-state index is -4.49. The van der Waals surface area contributed by atoms with E-state index in [0.29, 0.717) is 34.8 Å². The fourth-order valence-corrected chi connectivity index (χ4v) is 3.56. The lowest BCUT2D eigenvalue weighted by Gasteiger charge is -2.34. The van der Waals surface area contributed by atoms with E-state index < -0.39 is 24.0 Å². The lowest BCUT2D eigenvalue weighted by atomic mass is 10.1. The van der Waals surface area contributed by atoms with Crippen LogP contribution in [0.1, 0.15) is 23.2 Å². The average Bonchev–Trinajstić information content (AvgIpc) is 3.08. The molecule has 10 heteroatoms. The predicted molar refractivity (Wildman–Crippen MR) is 102 cm³/mol. The summed E-state index contributed by atoms with van der Waals surface area (Å²) in [6.45, 7) is 0.701. The number of fused-ring (bicyclic) bond motifs is 1. The summed E-state index contributed by atoms with van der Waals surface area (Å²) in [5.41, 5.74) is 6.70. The first-order chi connectivity index (χ1) is 14.3. The van der Waals surface area contributed by atoms with Crippen LogP contribution in [0.4, 0.5) is 23.5 Å². The van der Waals surface area contributed by atoms with Crippen molar-refractivity contribution >= 4 is 17.0 Å². The normalized spacial score (nSPS) is 19.8. The van der Waals surface area contributed by atoms with Crippen LogP contribution < -0.4 is 10.6 Å². The minimum Gasteiger partial charge on any atom is -0.340 e. The summed E-state index contributed by atoms with van der Waals surface area (Å²) in [6.07, 6.45) is -4.01. The molecule has 2 aromatic heterocycles. The molecule has 0 radical (unpaired) electrons. The van der Waals surface area contributed by atoms with Gasteiger partial charge in [-0.2, -0.15) is 18.4 Å². The number of hydrogen-bond donors (Lipinski definition) is 1. The molecule has 2 N–H and O–H groups in total. The van der Waals surface area contributed by atoms with Crippen molar-refractivity contribution in [2.24, 2.45) is 5.73 Å². The highest BCUT2D eigenvalue weighted by Gasteiger charge is 2.33. The van der Waals surface area contributed by atoms with Crippen molar-refractivity contribution in [3.8, 4) is 6.07 Å². The molecule has 3 heterocycles. The highest BCUT2D eigenvalue weighted by atomic mass is 19.4. The lowest BCUT2D eigenvalue weighted by molar-refractivity contribution is -0.137. The van der Waals surface area contributed by atoms with Gasteiger partial charge in [0.15, 0.2) is 0 Å². The van der Waals surface area contributed by atoms with Crippen molar-refractivity contribution in [2.75, 3.05) is 18.0 Å². The third kappa shape index (κ3) is 3.80. The van der Waals surface area contributed by atoms with Gasteiger partial charge in [0, 0.05) is 19.3 Å². The van der Waals surface area contributed by atoms with Gasteiger partial charge in [0.05, 0.1) is 40.4 Å². The monoisotopic (exact) mass is 418 g/mol. The van der Waals surface area contributed by atoms with Crippen molar-refractivity contribution in [1.82, 2.24) is 14.5 Å². The second kappa shape index (κ2) is 7.57. The number of piperidine rings is 1. The van der Waals surface area contributed by atoms with Crippen LogP contribution in [0.3, 0.4) is 0 Å². The maximum Gasteiger partial charge on any atom is 0.416 e. The number of aromatic nitrogens is 3. The number of imidazole rings is 1. The first-order valence-electron chi connectivity index (χ1n) is 9.33. The van der Waals surface area contributed by atoms with Crippen molar-refractivity contribution in [1.29, 1.82) is 5.26 Å². The second-order valence-corrected chi connectivity index (χ2v) is 7.26. The number of pyridine rings is 1. The van der Waals surface area contributed by atoms with E-state index in [2.05, 4.69) is 9.97 Å². The maximum atomic E-state index is 13.8. The quantitative estimate of drug-likeness (QED) is 0.661. The standard InChI is InChI=1S/C20H18F4N6/c21-15-5-6-29(11-16(15)26)19-28-17-4-2-13(20(22,23)24)7-18(17)30(19)10-14-3-1-12(8-25)9-27-14/h1-4,7,9,15-16H,5-6,10-11,26H2/t15-,16+/m0/s1. The van der Waals surface area contributed by atoms with E-state index in [4.69, 9.17) is 11.0 Å². The molecule has 1 fully saturated rings. The van der Waals surface area contributed by atoms with Gasteiger partial charge in [-0.05, 0) is 36.8 Å². The van der Waals surface area contributed by atoms with E-state index in [1.165, 1.54) is 12.3 Å². The molecule has 30 heavy (non-hydrogen) atoms. The topological polar surface area (TPSA) is 83.8 Å². The fourth-order valence-electron chi connectivity index (χ4n) is 3.56. The summed E-state index contributed by atoms with van der Waals surface area (Å²) in [7, 11) is 0. The van der Waals surface area contributed by atoms with Gasteiger partial charge in [0.2, 0.25) is 5.95 Å². The molecule has 0 spiro atoms. The molecule has 156 valence electrons. The molecule has 0 saturated carbocycles. The summed E-state index contributed by atoms with van der Waals surface area (Å²) in [6, 6.07) is 7.87. The Kier molecular flexibility index (Phi) is 5.07. The first kappa shape index (κ1) is 20.1. The van der Waals surface area contributed by atoms with Gasteiger partial charge in [-0.15, -0.1) is 0 Å². The smallest absolute Gasteiger partial charge is 0.340 e. The Morgan fingerprint density at radius 2 is 2.03 bits per heavy atom. The molecule has 1 aromatic carbocycles. The zero-order valence-electron chi connectivity index (χ0n) is 15.8. The molecule has 2 atom stereocenters. The molecule has 1 aliphatic heterocycles. The molecular formula is C20H18F4N6. The number of rotatable bonds is 3. The van der Waals surface area contributed by atoms with E-state index in [9.17, 15) is 17.6 Å². The molecule has 0 aliphatic carbocycles. The first-order valence-corrected chi connectivity index (χ1v) is 9.33. The highest BCUT2D eigenvalue weighted by molar-refractivity contribution is 5.80. The van der Waals surface area contributed by atoms with E-state index >= 15 is 0 Å². The van der Waals surface area contributed by atoms with Gasteiger partial charge >= 0.3 is 6.18 Å². The van der Waals surface area contributed by atoms with Crippen molar-refractivity contribution in [3.05, 3.63) is 53.3 Å². The number of hydrogen-bond acceptors (Lipinski definition) is 5. The Balaban J connectivity index is 1.81. The predicted octanol–water partition coefficient (Wildman–Crippen LogP) is 3.25. The van der Waals surface area contributed by atoms with Crippen molar-refractivity contribution in [3.63, 3.8) is 0 Å². The average molecular weight is 418 g/mol. The summed E-state index contributed by atoms with van der Waals surface area (Å²) in [5, 5.41) is 8.93. The molecule has 6 nitrogen and oxygen atoms in total. The summed E-state index contributed by atoms with van der Waals surface area (Å²) in [5.74, 6) is 0.415. The third-order valence-electron chi connectivity index (χ3n) is 5.18. The fraction of sp³-hybridized carbons (Fsp3) is 0.350. The molecular weight excluding hydrogens is 400 g/mol. The number of nitriles is 1. The van der Waals surface area contributed by atoms with Gasteiger partial charge in [-0.3, -0.25) is 4.98 Å². The van der Waals surface area contributed by atoms with E-state index in [0.717, 1.165) is 12.1 Å². The number of nitrogens with zero attached hydrogens (tertiary/aromatic N) is 5. The summed E-state index contributed by atoms with van der Waals surface area (Å²) < 4.78 is 55.3. The van der Waals surface area contributed by atoms with Gasteiger partial charge < -0.3 is 15.2 Å². The molecule has 0 amide bonds. The van der Waals surface area contributed by atoms with Gasteiger partial charge in [-0.25, -0.2) is 9.37 Å². The Labute approximate surface area is 169 Å². The molecule has 1 saturated heterocycles. The number of benzene rings is 1. The number of halogens is 4. The lowest BCUT2D eigenvalue weighted by Crippen LogP contribution is -2.50. The Bertz CT molecular complexity index is 1100. The molecule has 0 unspecified atom stereocenters. The Morgan fingerprint density at radius 1 is 1.23 bits per heavy atom. The van der Waals surface area contributed by atoms with E-state index in [1.54, 1.807) is 21.6 Å². The summed E-state index contributed by atoms with van der Waals surface area (Å²) >= 11 is 0. The number of anilines is 1. The summed E-state index contributed by atoms with van der Waals surface area (Å²) in [4.78, 5) is 10.5. The molecule has 0 bridgehead atoms. The molecule has 4 rings (SSSR count). The maximum absolute atomic E-state index is 13.8. The van der Waals surface area contributed by atoms with Crippen LogP contribution in [0, 0.1) is 11.3 Å². The minimum absolute atomic E-state index is 0.143. The van der Waals surface area contributed by atoms with Crippen LogP contribution >= 0.6 is 0 Å².